The van der Waals surface area contributed by atoms with Gasteiger partial charge in [0, 0.05) is 5.56 Å². The van der Waals surface area contributed by atoms with E-state index in [0.717, 1.165) is 0 Å². The maximum atomic E-state index is 12.1. The summed E-state index contributed by atoms with van der Waals surface area (Å²) in [6.07, 6.45) is -0.192. The van der Waals surface area contributed by atoms with E-state index < -0.39 is 34.1 Å². The van der Waals surface area contributed by atoms with Gasteiger partial charge in [0.1, 0.15) is 5.75 Å². The lowest BCUT2D eigenvalue weighted by atomic mass is 10.1. The molecule has 0 aromatic heterocycles. The Morgan fingerprint density at radius 3 is 2.41 bits per heavy atom. The minimum absolute atomic E-state index is 0.0589. The van der Waals surface area contributed by atoms with E-state index in [0.29, 0.717) is 0 Å². The monoisotopic (exact) mass is 367 g/mol. The molecule has 1 aromatic rings. The van der Waals surface area contributed by atoms with Crippen LogP contribution in [-0.2, 0) is 20.8 Å². The van der Waals surface area contributed by atoms with Crippen molar-refractivity contribution in [2.45, 2.75) is 25.2 Å². The molecule has 0 radical (unpaired) electrons. The van der Waals surface area contributed by atoms with Crippen LogP contribution >= 0.6 is 23.2 Å². The number of carboxylic acid groups (broad SMARTS) is 1. The first-order valence-corrected chi connectivity index (χ1v) is 8.31. The smallest absolute Gasteiger partial charge is 0.353 e. The average molecular weight is 368 g/mol. The number of benzene rings is 1. The topological polar surface area (TPSA) is 113 Å². The highest BCUT2D eigenvalue weighted by atomic mass is 35.5. The lowest BCUT2D eigenvalue weighted by molar-refractivity contribution is -0.134. The molecule has 22 heavy (non-hydrogen) atoms. The molecule has 2 unspecified atom stereocenters. The molecule has 0 fully saturated rings. The van der Waals surface area contributed by atoms with Crippen molar-refractivity contribution in [3.8, 4) is 5.75 Å². The first-order chi connectivity index (χ1) is 10.1. The second kappa shape index (κ2) is 7.92. The van der Waals surface area contributed by atoms with Crippen molar-refractivity contribution in [2.24, 2.45) is 5.73 Å². The van der Waals surface area contributed by atoms with E-state index in [2.05, 4.69) is 0 Å². The van der Waals surface area contributed by atoms with Gasteiger partial charge in [-0.05, 0) is 37.2 Å². The zero-order chi connectivity index (χ0) is 17.0. The fraction of sp³-hybridized carbons (Fsp3) is 0.385. The van der Waals surface area contributed by atoms with Gasteiger partial charge in [-0.15, -0.1) is 0 Å². The maximum Gasteiger partial charge on any atom is 0.353 e. The number of rotatable bonds is 7. The molecule has 0 saturated heterocycles. The molecule has 9 heteroatoms. The van der Waals surface area contributed by atoms with Crippen molar-refractivity contribution in [3.05, 3.63) is 27.7 Å². The molecule has 0 aliphatic carbocycles. The largest absolute Gasteiger partial charge is 0.615 e. The Labute approximate surface area is 140 Å². The van der Waals surface area contributed by atoms with E-state index in [1.165, 1.54) is 12.1 Å². The molecule has 0 bridgehead atoms. The highest BCUT2D eigenvalue weighted by Crippen LogP contribution is 2.37. The Kier molecular flexibility index (Phi) is 6.80. The molecule has 0 heterocycles. The van der Waals surface area contributed by atoms with Gasteiger partial charge in [0.2, 0.25) is 11.0 Å². The van der Waals surface area contributed by atoms with Crippen LogP contribution in [0.5, 0.6) is 5.75 Å². The molecule has 0 aliphatic rings. The normalized spacial score (nSPS) is 13.7. The van der Waals surface area contributed by atoms with Crippen LogP contribution in [0.1, 0.15) is 24.7 Å². The fourth-order valence-corrected chi connectivity index (χ4v) is 3.47. The number of carboxylic acids is 1. The van der Waals surface area contributed by atoms with E-state index in [9.17, 15) is 14.1 Å². The Morgan fingerprint density at radius 2 is 1.95 bits per heavy atom. The fourth-order valence-electron chi connectivity index (χ4n) is 1.72. The zero-order valence-corrected chi connectivity index (χ0v) is 14.2. The summed E-state index contributed by atoms with van der Waals surface area (Å²) in [5.41, 5.74) is 5.37. The maximum absolute atomic E-state index is 12.1. The first-order valence-electron chi connectivity index (χ1n) is 6.17. The summed E-state index contributed by atoms with van der Waals surface area (Å²) in [7, 11) is 0. The number of hydrogen-bond acceptors (Lipinski definition) is 4. The first kappa shape index (κ1) is 18.9. The molecule has 0 saturated carbocycles. The predicted octanol–water partition coefficient (Wildman–Crippen LogP) is 2.14. The van der Waals surface area contributed by atoms with E-state index in [1.807, 2.05) is 0 Å². The van der Waals surface area contributed by atoms with Crippen LogP contribution in [-0.4, -0.2) is 33.4 Å². The number of ether oxygens (including phenoxy) is 1. The number of aliphatic carboxylic acids is 1. The van der Waals surface area contributed by atoms with Crippen LogP contribution in [0, 0.1) is 0 Å². The van der Waals surface area contributed by atoms with Crippen molar-refractivity contribution >= 4 is 46.3 Å². The molecule has 3 N–H and O–H groups in total. The summed E-state index contributed by atoms with van der Waals surface area (Å²) in [5.74, 6) is -2.74. The van der Waals surface area contributed by atoms with E-state index in [1.54, 1.807) is 13.8 Å². The molecule has 0 spiro atoms. The summed E-state index contributed by atoms with van der Waals surface area (Å²) in [4.78, 5) is 22.3. The number of carbonyl (C=O) groups excluding carboxylic acids is 1. The Bertz CT molecular complexity index is 582. The van der Waals surface area contributed by atoms with Gasteiger partial charge in [0.25, 0.3) is 5.91 Å². The van der Waals surface area contributed by atoms with Crippen LogP contribution in [0.25, 0.3) is 0 Å². The molecule has 6 nitrogen and oxygen atoms in total. The Hall–Kier alpha value is -1.15. The van der Waals surface area contributed by atoms with E-state index in [4.69, 9.17) is 38.8 Å². The molecule has 1 aromatic carbocycles. The van der Waals surface area contributed by atoms with Gasteiger partial charge in [0.15, 0.2) is 0 Å². The van der Waals surface area contributed by atoms with Crippen LogP contribution in [0.15, 0.2) is 12.1 Å². The number of carbonyl (C=O) groups is 2. The van der Waals surface area contributed by atoms with Gasteiger partial charge >= 0.3 is 5.97 Å². The highest BCUT2D eigenvalue weighted by Gasteiger charge is 2.34. The van der Waals surface area contributed by atoms with Gasteiger partial charge in [0.05, 0.1) is 16.1 Å². The third-order valence-electron chi connectivity index (χ3n) is 2.48. The van der Waals surface area contributed by atoms with Gasteiger partial charge in [-0.3, -0.25) is 4.79 Å². The molecular formula is C13H15Cl2NO5S. The number of nitrogens with two attached hydrogens (primary N) is 1. The third kappa shape index (κ3) is 4.95. The van der Waals surface area contributed by atoms with Crippen molar-refractivity contribution in [2.75, 3.05) is 5.75 Å². The van der Waals surface area contributed by atoms with Crippen molar-refractivity contribution in [1.82, 2.24) is 0 Å². The Morgan fingerprint density at radius 1 is 1.36 bits per heavy atom. The molecule has 1 amide bonds. The minimum Gasteiger partial charge on any atom is -0.615 e. The van der Waals surface area contributed by atoms with E-state index in [-0.39, 0.29) is 27.5 Å². The molecule has 2 atom stereocenters. The lowest BCUT2D eigenvalue weighted by Gasteiger charge is -2.20. The second-order valence-electron chi connectivity index (χ2n) is 4.67. The summed E-state index contributed by atoms with van der Waals surface area (Å²) in [5, 5.41) is 7.64. The SMILES string of the molecule is CC(C)Oc1cc(C(C(N)=O)[S+]([O-])CC(=O)O)c(Cl)cc1Cl. The second-order valence-corrected chi connectivity index (χ2v) is 7.01. The van der Waals surface area contributed by atoms with E-state index >= 15 is 0 Å². The summed E-state index contributed by atoms with van der Waals surface area (Å²) in [6, 6.07) is 2.70. The molecule has 1 rings (SSSR count). The van der Waals surface area contributed by atoms with Gasteiger partial charge in [-0.25, -0.2) is 4.79 Å². The highest BCUT2D eigenvalue weighted by molar-refractivity contribution is 7.93. The zero-order valence-electron chi connectivity index (χ0n) is 11.8. The average Bonchev–Trinajstić information content (AvgIpc) is 2.32. The summed E-state index contributed by atoms with van der Waals surface area (Å²) in [6.45, 7) is 3.55. The predicted molar refractivity (Wildman–Crippen MR) is 84.8 cm³/mol. The number of hydrogen-bond donors (Lipinski definition) is 2. The van der Waals surface area contributed by atoms with Crippen LogP contribution in [0.4, 0.5) is 0 Å². The van der Waals surface area contributed by atoms with Crippen LogP contribution in [0.2, 0.25) is 10.0 Å². The summed E-state index contributed by atoms with van der Waals surface area (Å²) < 4.78 is 17.5. The summed E-state index contributed by atoms with van der Waals surface area (Å²) >= 11 is 9.96. The van der Waals surface area contributed by atoms with Crippen molar-refractivity contribution in [3.63, 3.8) is 0 Å². The molecule has 0 aliphatic heterocycles. The number of amides is 1. The minimum atomic E-state index is -2.06. The van der Waals surface area contributed by atoms with Crippen molar-refractivity contribution < 1.29 is 24.0 Å². The van der Waals surface area contributed by atoms with Crippen LogP contribution < -0.4 is 10.5 Å². The number of primary amides is 1. The standard InChI is InChI=1S/C13H15Cl2NO5S/c1-6(2)21-10-3-7(8(14)4-9(10)15)12(13(16)19)22(20)5-11(17)18/h3-4,6,12H,5H2,1-2H3,(H2,16,19)(H,17,18). The Balaban J connectivity index is 3.29. The van der Waals surface area contributed by atoms with Gasteiger partial charge in [-0.1, -0.05) is 23.2 Å². The van der Waals surface area contributed by atoms with Crippen molar-refractivity contribution in [1.29, 1.82) is 0 Å². The van der Waals surface area contributed by atoms with Gasteiger partial charge < -0.3 is 20.1 Å². The lowest BCUT2D eigenvalue weighted by Crippen LogP contribution is -2.32. The quantitative estimate of drug-likeness (QED) is 0.716. The number of halogens is 2. The van der Waals surface area contributed by atoms with Gasteiger partial charge in [-0.2, -0.15) is 0 Å². The van der Waals surface area contributed by atoms with Crippen LogP contribution in [0.3, 0.4) is 0 Å². The third-order valence-corrected chi connectivity index (χ3v) is 4.65. The molecular weight excluding hydrogens is 353 g/mol. The molecule has 122 valence electrons.